The largest absolute Gasteiger partial charge is 0.506 e. The molecule has 0 heterocycles. The second-order valence-corrected chi connectivity index (χ2v) is 1.87. The number of para-hydroxylation sites is 1. The van der Waals surface area contributed by atoms with E-state index in [1.807, 2.05) is 0 Å². The van der Waals surface area contributed by atoms with Gasteiger partial charge in [-0.05, 0) is 18.9 Å². The molecule has 0 radical (unpaired) electrons. The molecule has 0 aromatic heterocycles. The van der Waals surface area contributed by atoms with Crippen LogP contribution < -0.4 is 5.73 Å². The summed E-state index contributed by atoms with van der Waals surface area (Å²) in [7, 11) is 0. The molecule has 3 N–H and O–H groups in total. The molecule has 1 aromatic carbocycles. The standard InChI is InChI=1S/C7H8N2O/c1-9-7-5(8)3-2-4-6(7)10/h2-4,10H,1,8H2. The third-order valence-corrected chi connectivity index (χ3v) is 1.20. The second-order valence-electron chi connectivity index (χ2n) is 1.87. The van der Waals surface area contributed by atoms with Gasteiger partial charge in [-0.2, -0.15) is 0 Å². The zero-order valence-electron chi connectivity index (χ0n) is 5.41. The van der Waals surface area contributed by atoms with Crippen LogP contribution in [0.3, 0.4) is 0 Å². The molecule has 0 unspecified atom stereocenters. The molecule has 0 aliphatic carbocycles. The number of anilines is 1. The van der Waals surface area contributed by atoms with E-state index in [0.29, 0.717) is 11.4 Å². The summed E-state index contributed by atoms with van der Waals surface area (Å²) in [5.41, 5.74) is 6.23. The SMILES string of the molecule is C=Nc1c(N)cccc1O. The zero-order chi connectivity index (χ0) is 7.56. The van der Waals surface area contributed by atoms with Crippen molar-refractivity contribution in [2.24, 2.45) is 4.99 Å². The summed E-state index contributed by atoms with van der Waals surface area (Å²) in [5, 5.41) is 9.08. The highest BCUT2D eigenvalue weighted by atomic mass is 16.3. The van der Waals surface area contributed by atoms with Crippen LogP contribution in [0.25, 0.3) is 0 Å². The molecular formula is C7H8N2O. The molecule has 10 heavy (non-hydrogen) atoms. The highest BCUT2D eigenvalue weighted by Gasteiger charge is 1.99. The number of phenols is 1. The van der Waals surface area contributed by atoms with E-state index < -0.39 is 0 Å². The molecular weight excluding hydrogens is 128 g/mol. The van der Waals surface area contributed by atoms with Crippen LogP contribution in [0.2, 0.25) is 0 Å². The van der Waals surface area contributed by atoms with Gasteiger partial charge in [0, 0.05) is 0 Å². The first-order valence-corrected chi connectivity index (χ1v) is 2.80. The molecule has 3 heteroatoms. The van der Waals surface area contributed by atoms with Gasteiger partial charge in [0.15, 0.2) is 0 Å². The van der Waals surface area contributed by atoms with E-state index in [9.17, 15) is 0 Å². The van der Waals surface area contributed by atoms with Crippen molar-refractivity contribution in [2.45, 2.75) is 0 Å². The lowest BCUT2D eigenvalue weighted by molar-refractivity contribution is 0.477. The lowest BCUT2D eigenvalue weighted by Gasteiger charge is -1.99. The van der Waals surface area contributed by atoms with Crippen molar-refractivity contribution in [3.05, 3.63) is 18.2 Å². The van der Waals surface area contributed by atoms with Crippen LogP contribution in [0.15, 0.2) is 23.2 Å². The van der Waals surface area contributed by atoms with Crippen molar-refractivity contribution in [1.29, 1.82) is 0 Å². The monoisotopic (exact) mass is 136 g/mol. The Morgan fingerprint density at radius 3 is 2.60 bits per heavy atom. The first-order chi connectivity index (χ1) is 4.75. The number of nitrogen functional groups attached to an aromatic ring is 1. The van der Waals surface area contributed by atoms with E-state index >= 15 is 0 Å². The molecule has 0 spiro atoms. The van der Waals surface area contributed by atoms with Gasteiger partial charge in [0.05, 0.1) is 5.69 Å². The third-order valence-electron chi connectivity index (χ3n) is 1.20. The maximum atomic E-state index is 9.08. The Balaban J connectivity index is 3.30. The molecule has 3 nitrogen and oxygen atoms in total. The fraction of sp³-hybridized carbons (Fsp3) is 0. The molecule has 0 amide bonds. The average Bonchev–Trinajstić information content (AvgIpc) is 1.88. The van der Waals surface area contributed by atoms with Crippen LogP contribution in [0.1, 0.15) is 0 Å². The number of hydrogen-bond donors (Lipinski definition) is 2. The van der Waals surface area contributed by atoms with Crippen LogP contribution in [-0.2, 0) is 0 Å². The van der Waals surface area contributed by atoms with Crippen molar-refractivity contribution in [2.75, 3.05) is 5.73 Å². The first-order valence-electron chi connectivity index (χ1n) is 2.80. The van der Waals surface area contributed by atoms with E-state index in [2.05, 4.69) is 11.7 Å². The van der Waals surface area contributed by atoms with Crippen molar-refractivity contribution in [3.8, 4) is 5.75 Å². The number of aliphatic imine (C=N–C) groups is 1. The van der Waals surface area contributed by atoms with Gasteiger partial charge in [-0.15, -0.1) is 0 Å². The Hall–Kier alpha value is -1.51. The Kier molecular flexibility index (Phi) is 1.58. The highest BCUT2D eigenvalue weighted by molar-refractivity contribution is 5.71. The molecule has 0 bridgehead atoms. The molecule has 1 aromatic rings. The van der Waals surface area contributed by atoms with Gasteiger partial charge in [0.25, 0.3) is 0 Å². The minimum absolute atomic E-state index is 0.0648. The predicted molar refractivity (Wildman–Crippen MR) is 41.7 cm³/mol. The lowest BCUT2D eigenvalue weighted by atomic mass is 10.2. The number of benzene rings is 1. The molecule has 0 saturated carbocycles. The van der Waals surface area contributed by atoms with Crippen LogP contribution in [-0.4, -0.2) is 11.8 Å². The topological polar surface area (TPSA) is 58.6 Å². The van der Waals surface area contributed by atoms with E-state index in [1.165, 1.54) is 6.07 Å². The summed E-state index contributed by atoms with van der Waals surface area (Å²) in [6.07, 6.45) is 0. The smallest absolute Gasteiger partial charge is 0.143 e. The van der Waals surface area contributed by atoms with Crippen molar-refractivity contribution >= 4 is 18.1 Å². The van der Waals surface area contributed by atoms with E-state index in [4.69, 9.17) is 10.8 Å². The Morgan fingerprint density at radius 2 is 2.20 bits per heavy atom. The minimum Gasteiger partial charge on any atom is -0.506 e. The average molecular weight is 136 g/mol. The van der Waals surface area contributed by atoms with E-state index in [-0.39, 0.29) is 5.75 Å². The number of hydrogen-bond acceptors (Lipinski definition) is 3. The van der Waals surface area contributed by atoms with Crippen molar-refractivity contribution in [1.82, 2.24) is 0 Å². The molecule has 0 saturated heterocycles. The minimum atomic E-state index is 0.0648. The van der Waals surface area contributed by atoms with Gasteiger partial charge in [0.1, 0.15) is 11.4 Å². The highest BCUT2D eigenvalue weighted by Crippen LogP contribution is 2.31. The number of aromatic hydroxyl groups is 1. The Labute approximate surface area is 58.8 Å². The molecule has 1 rings (SSSR count). The van der Waals surface area contributed by atoms with Gasteiger partial charge in [-0.1, -0.05) is 6.07 Å². The van der Waals surface area contributed by atoms with Gasteiger partial charge in [0.2, 0.25) is 0 Å². The van der Waals surface area contributed by atoms with Crippen molar-refractivity contribution < 1.29 is 5.11 Å². The summed E-state index contributed by atoms with van der Waals surface area (Å²) < 4.78 is 0. The fourth-order valence-electron chi connectivity index (χ4n) is 0.721. The summed E-state index contributed by atoms with van der Waals surface area (Å²) in [4.78, 5) is 3.54. The number of nitrogens with two attached hydrogens (primary N) is 1. The van der Waals surface area contributed by atoms with Crippen molar-refractivity contribution in [3.63, 3.8) is 0 Å². The Morgan fingerprint density at radius 1 is 1.50 bits per heavy atom. The number of nitrogens with zero attached hydrogens (tertiary/aromatic N) is 1. The maximum Gasteiger partial charge on any atom is 0.143 e. The lowest BCUT2D eigenvalue weighted by Crippen LogP contribution is -1.83. The van der Waals surface area contributed by atoms with Crippen LogP contribution in [0.4, 0.5) is 11.4 Å². The first kappa shape index (κ1) is 6.61. The normalized spacial score (nSPS) is 9.20. The zero-order valence-corrected chi connectivity index (χ0v) is 5.41. The van der Waals surface area contributed by atoms with E-state index in [0.717, 1.165) is 0 Å². The molecule has 0 fully saturated rings. The van der Waals surface area contributed by atoms with E-state index in [1.54, 1.807) is 12.1 Å². The fourth-order valence-corrected chi connectivity index (χ4v) is 0.721. The summed E-state index contributed by atoms with van der Waals surface area (Å²) in [5.74, 6) is 0.0648. The number of phenolic OH excluding ortho intramolecular Hbond substituents is 1. The molecule has 0 atom stereocenters. The Bertz CT molecular complexity index is 238. The van der Waals surface area contributed by atoms with Gasteiger partial charge in [-0.25, -0.2) is 0 Å². The van der Waals surface area contributed by atoms with Crippen LogP contribution >= 0.6 is 0 Å². The van der Waals surface area contributed by atoms with Gasteiger partial charge < -0.3 is 10.8 Å². The van der Waals surface area contributed by atoms with Gasteiger partial charge >= 0.3 is 0 Å². The maximum absolute atomic E-state index is 9.08. The van der Waals surface area contributed by atoms with Crippen LogP contribution in [0.5, 0.6) is 5.75 Å². The third kappa shape index (κ3) is 0.932. The predicted octanol–water partition coefficient (Wildman–Crippen LogP) is 1.31. The second kappa shape index (κ2) is 2.39. The summed E-state index contributed by atoms with van der Waals surface area (Å²) in [6, 6.07) is 4.82. The number of rotatable bonds is 1. The summed E-state index contributed by atoms with van der Waals surface area (Å²) in [6.45, 7) is 3.26. The molecule has 0 aliphatic rings. The van der Waals surface area contributed by atoms with Crippen LogP contribution in [0, 0.1) is 0 Å². The summed E-state index contributed by atoms with van der Waals surface area (Å²) >= 11 is 0. The van der Waals surface area contributed by atoms with Gasteiger partial charge in [-0.3, -0.25) is 4.99 Å². The molecule has 52 valence electrons. The quantitative estimate of drug-likeness (QED) is 0.451. The molecule has 0 aliphatic heterocycles.